The van der Waals surface area contributed by atoms with Crippen molar-refractivity contribution in [2.45, 2.75) is 17.3 Å². The third kappa shape index (κ3) is 4.86. The Labute approximate surface area is 179 Å². The summed E-state index contributed by atoms with van der Waals surface area (Å²) in [5.41, 5.74) is 2.34. The molecule has 0 bridgehead atoms. The van der Waals surface area contributed by atoms with Crippen LogP contribution in [0.25, 0.3) is 0 Å². The molecule has 3 aromatic rings. The Morgan fingerprint density at radius 1 is 0.926 bits per heavy atom. The van der Waals surface area contributed by atoms with Crippen LogP contribution in [0.3, 0.4) is 0 Å². The van der Waals surface area contributed by atoms with Gasteiger partial charge in [0.05, 0.1) is 23.2 Å². The Balaban J connectivity index is 1.68. The number of benzene rings is 2. The summed E-state index contributed by atoms with van der Waals surface area (Å²) in [7, 11) is 5.32. The fraction of sp³-hybridized carbons (Fsp3) is 0.263. The second-order valence-electron chi connectivity index (χ2n) is 5.86. The Bertz CT molecular complexity index is 947. The summed E-state index contributed by atoms with van der Waals surface area (Å²) >= 11 is 8.71. The van der Waals surface area contributed by atoms with Crippen LogP contribution in [0, 0.1) is 0 Å². The standard InChI is InChI=1S/C19H19Br2N3O2S/c1-24-18(10-12-4-6-16(25-2)14(20)8-12)22-23-19(24)27-11-13-5-7-17(26-3)15(21)9-13/h4-9H,10-11H2,1-3H3. The molecule has 0 fully saturated rings. The van der Waals surface area contributed by atoms with Gasteiger partial charge in [-0.1, -0.05) is 23.9 Å². The topological polar surface area (TPSA) is 49.2 Å². The summed E-state index contributed by atoms with van der Waals surface area (Å²) in [4.78, 5) is 0. The fourth-order valence-corrected chi connectivity index (χ4v) is 4.62. The van der Waals surface area contributed by atoms with Crippen LogP contribution < -0.4 is 9.47 Å². The number of hydrogen-bond acceptors (Lipinski definition) is 5. The predicted molar refractivity (Wildman–Crippen MR) is 115 cm³/mol. The van der Waals surface area contributed by atoms with E-state index >= 15 is 0 Å². The summed E-state index contributed by atoms with van der Waals surface area (Å²) in [5, 5.41) is 9.59. The molecule has 0 aliphatic heterocycles. The Hall–Kier alpha value is -1.51. The molecule has 5 nitrogen and oxygen atoms in total. The molecular formula is C19H19Br2N3O2S. The zero-order valence-corrected chi connectivity index (χ0v) is 19.2. The van der Waals surface area contributed by atoms with Gasteiger partial charge in [-0.05, 0) is 67.3 Å². The van der Waals surface area contributed by atoms with Gasteiger partial charge in [0.15, 0.2) is 5.16 Å². The van der Waals surface area contributed by atoms with Crippen molar-refractivity contribution >= 4 is 43.6 Å². The molecule has 0 unspecified atom stereocenters. The van der Waals surface area contributed by atoms with Gasteiger partial charge in [-0.2, -0.15) is 0 Å². The molecule has 2 aromatic carbocycles. The summed E-state index contributed by atoms with van der Waals surface area (Å²) in [6.45, 7) is 0. The third-order valence-electron chi connectivity index (χ3n) is 4.09. The number of aromatic nitrogens is 3. The van der Waals surface area contributed by atoms with Gasteiger partial charge >= 0.3 is 0 Å². The Kier molecular flexibility index (Phi) is 6.83. The van der Waals surface area contributed by atoms with E-state index < -0.39 is 0 Å². The molecule has 0 aliphatic rings. The van der Waals surface area contributed by atoms with E-state index in [0.29, 0.717) is 6.42 Å². The molecule has 27 heavy (non-hydrogen) atoms. The normalized spacial score (nSPS) is 10.9. The van der Waals surface area contributed by atoms with Crippen LogP contribution in [-0.4, -0.2) is 29.0 Å². The maximum absolute atomic E-state index is 5.28. The zero-order chi connectivity index (χ0) is 19.4. The quantitative estimate of drug-likeness (QED) is 0.405. The van der Waals surface area contributed by atoms with Gasteiger partial charge in [-0.3, -0.25) is 0 Å². The summed E-state index contributed by atoms with van der Waals surface area (Å²) in [6, 6.07) is 12.1. The van der Waals surface area contributed by atoms with Crippen LogP contribution in [0.5, 0.6) is 11.5 Å². The molecule has 142 valence electrons. The average Bonchev–Trinajstić information content (AvgIpc) is 3.00. The summed E-state index contributed by atoms with van der Waals surface area (Å²) in [6.07, 6.45) is 0.709. The van der Waals surface area contributed by atoms with E-state index in [-0.39, 0.29) is 0 Å². The largest absolute Gasteiger partial charge is 0.496 e. The first-order valence-corrected chi connectivity index (χ1v) is 10.7. The number of methoxy groups -OCH3 is 2. The highest BCUT2D eigenvalue weighted by atomic mass is 79.9. The monoisotopic (exact) mass is 511 g/mol. The van der Waals surface area contributed by atoms with Crippen molar-refractivity contribution in [2.24, 2.45) is 7.05 Å². The van der Waals surface area contributed by atoms with Crippen LogP contribution in [0.2, 0.25) is 0 Å². The van der Waals surface area contributed by atoms with E-state index in [1.54, 1.807) is 26.0 Å². The molecule has 0 radical (unpaired) electrons. The van der Waals surface area contributed by atoms with E-state index in [1.807, 2.05) is 29.8 Å². The highest BCUT2D eigenvalue weighted by molar-refractivity contribution is 9.10. The molecule has 3 rings (SSSR count). The van der Waals surface area contributed by atoms with E-state index in [0.717, 1.165) is 42.7 Å². The number of rotatable bonds is 7. The first-order valence-electron chi connectivity index (χ1n) is 8.17. The number of halogens is 2. The number of ether oxygens (including phenoxy) is 2. The van der Waals surface area contributed by atoms with Crippen LogP contribution >= 0.6 is 43.6 Å². The summed E-state index contributed by atoms with van der Waals surface area (Å²) in [5.74, 6) is 3.38. The molecule has 0 spiro atoms. The van der Waals surface area contributed by atoms with Crippen LogP contribution in [0.15, 0.2) is 50.5 Å². The van der Waals surface area contributed by atoms with Crippen molar-refractivity contribution in [2.75, 3.05) is 14.2 Å². The Morgan fingerprint density at radius 2 is 1.52 bits per heavy atom. The maximum atomic E-state index is 5.28. The molecule has 1 heterocycles. The van der Waals surface area contributed by atoms with Gasteiger partial charge in [0.25, 0.3) is 0 Å². The lowest BCUT2D eigenvalue weighted by molar-refractivity contribution is 0.412. The van der Waals surface area contributed by atoms with Crippen molar-refractivity contribution in [3.63, 3.8) is 0 Å². The van der Waals surface area contributed by atoms with E-state index in [1.165, 1.54) is 5.56 Å². The molecule has 0 aliphatic carbocycles. The summed E-state index contributed by atoms with van der Waals surface area (Å²) < 4.78 is 14.5. The van der Waals surface area contributed by atoms with Gasteiger partial charge in [0, 0.05) is 19.2 Å². The van der Waals surface area contributed by atoms with Crippen LogP contribution in [-0.2, 0) is 19.2 Å². The molecule has 0 saturated heterocycles. The second-order valence-corrected chi connectivity index (χ2v) is 8.51. The van der Waals surface area contributed by atoms with E-state index in [4.69, 9.17) is 9.47 Å². The molecule has 0 atom stereocenters. The lowest BCUT2D eigenvalue weighted by Crippen LogP contribution is -2.01. The maximum Gasteiger partial charge on any atom is 0.191 e. The van der Waals surface area contributed by atoms with E-state index in [2.05, 4.69) is 60.3 Å². The number of hydrogen-bond donors (Lipinski definition) is 0. The van der Waals surface area contributed by atoms with Gasteiger partial charge in [-0.15, -0.1) is 10.2 Å². The molecule has 0 N–H and O–H groups in total. The zero-order valence-electron chi connectivity index (χ0n) is 15.2. The number of nitrogens with zero attached hydrogens (tertiary/aromatic N) is 3. The number of thioether (sulfide) groups is 1. The van der Waals surface area contributed by atoms with Gasteiger partial charge < -0.3 is 14.0 Å². The smallest absolute Gasteiger partial charge is 0.191 e. The van der Waals surface area contributed by atoms with Crippen molar-refractivity contribution < 1.29 is 9.47 Å². The molecule has 0 amide bonds. The molecule has 1 aromatic heterocycles. The second kappa shape index (κ2) is 9.12. The fourth-order valence-electron chi connectivity index (χ4n) is 2.57. The van der Waals surface area contributed by atoms with Gasteiger partial charge in [0.2, 0.25) is 0 Å². The molecule has 8 heteroatoms. The average molecular weight is 513 g/mol. The minimum atomic E-state index is 0.709. The highest BCUT2D eigenvalue weighted by Crippen LogP contribution is 2.29. The van der Waals surface area contributed by atoms with Gasteiger partial charge in [-0.25, -0.2) is 0 Å². The van der Waals surface area contributed by atoms with Crippen molar-refractivity contribution in [3.8, 4) is 11.5 Å². The highest BCUT2D eigenvalue weighted by Gasteiger charge is 2.12. The lowest BCUT2D eigenvalue weighted by atomic mass is 10.1. The van der Waals surface area contributed by atoms with E-state index in [9.17, 15) is 0 Å². The first-order chi connectivity index (χ1) is 13.0. The lowest BCUT2D eigenvalue weighted by Gasteiger charge is -2.08. The first kappa shape index (κ1) is 20.2. The molecular weight excluding hydrogens is 494 g/mol. The van der Waals surface area contributed by atoms with Crippen molar-refractivity contribution in [3.05, 3.63) is 62.3 Å². The SMILES string of the molecule is COc1ccc(CSc2nnc(Cc3ccc(OC)c(Br)c3)n2C)cc1Br. The van der Waals surface area contributed by atoms with Crippen molar-refractivity contribution in [1.82, 2.24) is 14.8 Å². The van der Waals surface area contributed by atoms with Crippen molar-refractivity contribution in [1.29, 1.82) is 0 Å². The van der Waals surface area contributed by atoms with Crippen LogP contribution in [0.1, 0.15) is 17.0 Å². The minimum absolute atomic E-state index is 0.709. The molecule has 0 saturated carbocycles. The van der Waals surface area contributed by atoms with Crippen LogP contribution in [0.4, 0.5) is 0 Å². The Morgan fingerprint density at radius 3 is 2.11 bits per heavy atom. The predicted octanol–water partition coefficient (Wildman–Crippen LogP) is 5.24. The van der Waals surface area contributed by atoms with Gasteiger partial charge in [0.1, 0.15) is 17.3 Å². The minimum Gasteiger partial charge on any atom is -0.496 e. The third-order valence-corrected chi connectivity index (χ3v) is 6.42.